The molecule has 0 bridgehead atoms. The number of carbonyl (C=O) groups is 1. The summed E-state index contributed by atoms with van der Waals surface area (Å²) in [5, 5.41) is 6.40. The largest absolute Gasteiger partial charge is 0.490 e. The number of nitrogens with one attached hydrogen (secondary N) is 2. The molecule has 4 nitrogen and oxygen atoms in total. The summed E-state index contributed by atoms with van der Waals surface area (Å²) < 4.78 is 5.40. The van der Waals surface area contributed by atoms with Gasteiger partial charge in [-0.3, -0.25) is 4.79 Å². The van der Waals surface area contributed by atoms with Gasteiger partial charge in [-0.1, -0.05) is 19.6 Å². The second kappa shape index (κ2) is 7.10. The van der Waals surface area contributed by atoms with Crippen molar-refractivity contribution in [2.45, 2.75) is 19.4 Å². The molecular formula is C16H22N2O2. The maximum Gasteiger partial charge on any atom is 0.251 e. The molecule has 2 unspecified atom stereocenters. The summed E-state index contributed by atoms with van der Waals surface area (Å²) in [6, 6.07) is 7.39. The van der Waals surface area contributed by atoms with Gasteiger partial charge in [-0.05, 0) is 43.1 Å². The summed E-state index contributed by atoms with van der Waals surface area (Å²) in [5.41, 5.74) is 0.661. The zero-order valence-electron chi connectivity index (χ0n) is 11.9. The van der Waals surface area contributed by atoms with Crippen LogP contribution in [0.3, 0.4) is 0 Å². The van der Waals surface area contributed by atoms with Crippen LogP contribution in [0.5, 0.6) is 5.75 Å². The van der Waals surface area contributed by atoms with Gasteiger partial charge in [0.25, 0.3) is 5.91 Å². The van der Waals surface area contributed by atoms with Crippen molar-refractivity contribution in [1.29, 1.82) is 0 Å². The van der Waals surface area contributed by atoms with E-state index in [2.05, 4.69) is 24.1 Å². The molecule has 108 valence electrons. The van der Waals surface area contributed by atoms with Crippen LogP contribution >= 0.6 is 0 Å². The van der Waals surface area contributed by atoms with E-state index in [-0.39, 0.29) is 11.9 Å². The lowest BCUT2D eigenvalue weighted by Crippen LogP contribution is -2.50. The van der Waals surface area contributed by atoms with Crippen LogP contribution in [0.4, 0.5) is 0 Å². The predicted octanol–water partition coefficient (Wildman–Crippen LogP) is 1.98. The Morgan fingerprint density at radius 1 is 1.50 bits per heavy atom. The third-order valence-electron chi connectivity index (χ3n) is 3.63. The molecule has 1 aliphatic rings. The first-order valence-corrected chi connectivity index (χ1v) is 7.06. The first kappa shape index (κ1) is 14.6. The molecule has 1 saturated heterocycles. The highest BCUT2D eigenvalue weighted by Crippen LogP contribution is 2.14. The maximum atomic E-state index is 12.2. The van der Waals surface area contributed by atoms with Gasteiger partial charge < -0.3 is 15.4 Å². The Morgan fingerprint density at radius 3 is 2.90 bits per heavy atom. The van der Waals surface area contributed by atoms with E-state index in [0.717, 1.165) is 25.3 Å². The van der Waals surface area contributed by atoms with Crippen LogP contribution in [0.15, 0.2) is 36.9 Å². The van der Waals surface area contributed by atoms with Crippen molar-refractivity contribution in [1.82, 2.24) is 10.6 Å². The topological polar surface area (TPSA) is 50.4 Å². The van der Waals surface area contributed by atoms with Gasteiger partial charge in [0.15, 0.2) is 0 Å². The SMILES string of the molecule is C=CCOc1ccc(C(=O)NC2CNCCC2C)cc1. The number of hydrogen-bond donors (Lipinski definition) is 2. The van der Waals surface area contributed by atoms with Crippen molar-refractivity contribution in [3.63, 3.8) is 0 Å². The number of ether oxygens (including phenoxy) is 1. The fourth-order valence-electron chi connectivity index (χ4n) is 2.29. The average Bonchev–Trinajstić information content (AvgIpc) is 2.48. The lowest BCUT2D eigenvalue weighted by Gasteiger charge is -2.30. The lowest BCUT2D eigenvalue weighted by molar-refractivity contribution is 0.0915. The van der Waals surface area contributed by atoms with Crippen molar-refractivity contribution in [3.05, 3.63) is 42.5 Å². The number of amides is 1. The van der Waals surface area contributed by atoms with Crippen LogP contribution in [0.1, 0.15) is 23.7 Å². The van der Waals surface area contributed by atoms with Gasteiger partial charge in [0, 0.05) is 18.2 Å². The minimum Gasteiger partial charge on any atom is -0.490 e. The number of benzene rings is 1. The van der Waals surface area contributed by atoms with E-state index < -0.39 is 0 Å². The van der Waals surface area contributed by atoms with E-state index in [9.17, 15) is 4.79 Å². The Morgan fingerprint density at radius 2 is 2.25 bits per heavy atom. The standard InChI is InChI=1S/C16H22N2O2/c1-3-10-20-14-6-4-13(5-7-14)16(19)18-15-11-17-9-8-12(15)2/h3-7,12,15,17H,1,8-11H2,2H3,(H,18,19). The van der Waals surface area contributed by atoms with E-state index in [1.807, 2.05) is 0 Å². The first-order valence-electron chi connectivity index (χ1n) is 7.06. The van der Waals surface area contributed by atoms with E-state index in [4.69, 9.17) is 4.74 Å². The van der Waals surface area contributed by atoms with Crippen molar-refractivity contribution < 1.29 is 9.53 Å². The first-order chi connectivity index (χ1) is 9.70. The van der Waals surface area contributed by atoms with Crippen molar-refractivity contribution in [2.75, 3.05) is 19.7 Å². The molecule has 0 spiro atoms. The van der Waals surface area contributed by atoms with Gasteiger partial charge in [0.05, 0.1) is 0 Å². The highest BCUT2D eigenvalue weighted by molar-refractivity contribution is 5.94. The molecular weight excluding hydrogens is 252 g/mol. The Labute approximate surface area is 120 Å². The Kier molecular flexibility index (Phi) is 5.18. The Bertz CT molecular complexity index is 456. The molecule has 1 fully saturated rings. The van der Waals surface area contributed by atoms with Crippen LogP contribution in [0.2, 0.25) is 0 Å². The van der Waals surface area contributed by atoms with Gasteiger partial charge in [0.1, 0.15) is 12.4 Å². The minimum absolute atomic E-state index is 0.0270. The molecule has 0 radical (unpaired) electrons. The van der Waals surface area contributed by atoms with Gasteiger partial charge >= 0.3 is 0 Å². The molecule has 1 amide bonds. The molecule has 20 heavy (non-hydrogen) atoms. The third kappa shape index (κ3) is 3.84. The molecule has 4 heteroatoms. The van der Waals surface area contributed by atoms with Crippen LogP contribution in [0.25, 0.3) is 0 Å². The molecule has 0 aliphatic carbocycles. The van der Waals surface area contributed by atoms with Crippen molar-refractivity contribution >= 4 is 5.91 Å². The Balaban J connectivity index is 1.93. The summed E-state index contributed by atoms with van der Waals surface area (Å²) in [6.45, 7) is 8.12. The summed E-state index contributed by atoms with van der Waals surface area (Å²) in [4.78, 5) is 12.2. The zero-order chi connectivity index (χ0) is 14.4. The molecule has 1 aromatic carbocycles. The highest BCUT2D eigenvalue weighted by atomic mass is 16.5. The molecule has 1 heterocycles. The van der Waals surface area contributed by atoms with Crippen molar-refractivity contribution in [3.8, 4) is 5.75 Å². The average molecular weight is 274 g/mol. The summed E-state index contributed by atoms with van der Waals surface area (Å²) in [5.74, 6) is 1.23. The number of hydrogen-bond acceptors (Lipinski definition) is 3. The molecule has 2 atom stereocenters. The second-order valence-corrected chi connectivity index (χ2v) is 5.17. The van der Waals surface area contributed by atoms with E-state index in [0.29, 0.717) is 18.1 Å². The van der Waals surface area contributed by atoms with Gasteiger partial charge in [0.2, 0.25) is 0 Å². The number of rotatable bonds is 5. The summed E-state index contributed by atoms with van der Waals surface area (Å²) in [6.07, 6.45) is 2.79. The smallest absolute Gasteiger partial charge is 0.251 e. The minimum atomic E-state index is -0.0270. The van der Waals surface area contributed by atoms with E-state index >= 15 is 0 Å². The number of carbonyl (C=O) groups excluding carboxylic acids is 1. The molecule has 1 aliphatic heterocycles. The Hall–Kier alpha value is -1.81. The van der Waals surface area contributed by atoms with Crippen LogP contribution < -0.4 is 15.4 Å². The van der Waals surface area contributed by atoms with Crippen LogP contribution in [-0.2, 0) is 0 Å². The molecule has 2 rings (SSSR count). The molecule has 0 saturated carbocycles. The number of piperidine rings is 1. The molecule has 0 aromatic heterocycles. The summed E-state index contributed by atoms with van der Waals surface area (Å²) >= 11 is 0. The van der Waals surface area contributed by atoms with Gasteiger partial charge in [-0.15, -0.1) is 0 Å². The zero-order valence-corrected chi connectivity index (χ0v) is 11.9. The van der Waals surface area contributed by atoms with Gasteiger partial charge in [-0.25, -0.2) is 0 Å². The van der Waals surface area contributed by atoms with Crippen LogP contribution in [-0.4, -0.2) is 31.6 Å². The highest BCUT2D eigenvalue weighted by Gasteiger charge is 2.22. The maximum absolute atomic E-state index is 12.2. The predicted molar refractivity (Wildman–Crippen MR) is 80.0 cm³/mol. The second-order valence-electron chi connectivity index (χ2n) is 5.17. The monoisotopic (exact) mass is 274 g/mol. The van der Waals surface area contributed by atoms with Gasteiger partial charge in [-0.2, -0.15) is 0 Å². The lowest BCUT2D eigenvalue weighted by atomic mass is 9.94. The third-order valence-corrected chi connectivity index (χ3v) is 3.63. The fourth-order valence-corrected chi connectivity index (χ4v) is 2.29. The van der Waals surface area contributed by atoms with Crippen molar-refractivity contribution in [2.24, 2.45) is 5.92 Å². The fraction of sp³-hybridized carbons (Fsp3) is 0.438. The molecule has 2 N–H and O–H groups in total. The molecule has 1 aromatic rings. The normalized spacial score (nSPS) is 22.1. The van der Waals surface area contributed by atoms with Crippen LogP contribution in [0, 0.1) is 5.92 Å². The quantitative estimate of drug-likeness (QED) is 0.807. The van der Waals surface area contributed by atoms with E-state index in [1.165, 1.54) is 0 Å². The summed E-state index contributed by atoms with van der Waals surface area (Å²) in [7, 11) is 0. The van der Waals surface area contributed by atoms with E-state index in [1.54, 1.807) is 30.3 Å².